The van der Waals surface area contributed by atoms with Gasteiger partial charge in [0.2, 0.25) is 5.91 Å². The van der Waals surface area contributed by atoms with Crippen molar-refractivity contribution in [2.24, 2.45) is 0 Å². The van der Waals surface area contributed by atoms with E-state index in [4.69, 9.17) is 10.00 Å². The second kappa shape index (κ2) is 8.97. The third-order valence-electron chi connectivity index (χ3n) is 1.46. The van der Waals surface area contributed by atoms with Crippen LogP contribution in [0.25, 0.3) is 0 Å². The van der Waals surface area contributed by atoms with Crippen molar-refractivity contribution in [2.75, 3.05) is 26.2 Å². The molecular formula is C9H15N3O3. The van der Waals surface area contributed by atoms with Crippen molar-refractivity contribution in [3.8, 4) is 6.07 Å². The Labute approximate surface area is 88.6 Å². The largest absolute Gasteiger partial charge is 0.466 e. The lowest BCUT2D eigenvalue weighted by Gasteiger charge is -2.04. The third kappa shape index (κ3) is 8.71. The maximum Gasteiger partial charge on any atom is 0.307 e. The summed E-state index contributed by atoms with van der Waals surface area (Å²) in [6, 6.07) is 1.79. The first-order valence-corrected chi connectivity index (χ1v) is 4.70. The number of rotatable bonds is 7. The van der Waals surface area contributed by atoms with E-state index >= 15 is 0 Å². The smallest absolute Gasteiger partial charge is 0.307 e. The maximum absolute atomic E-state index is 10.9. The van der Waals surface area contributed by atoms with Crippen molar-refractivity contribution in [3.05, 3.63) is 0 Å². The summed E-state index contributed by atoms with van der Waals surface area (Å²) in [5.41, 5.74) is 0. The van der Waals surface area contributed by atoms with E-state index < -0.39 is 0 Å². The van der Waals surface area contributed by atoms with Gasteiger partial charge in [0.05, 0.1) is 25.6 Å². The average molecular weight is 213 g/mol. The van der Waals surface area contributed by atoms with Crippen LogP contribution in [0.3, 0.4) is 0 Å². The highest BCUT2D eigenvalue weighted by Gasteiger charge is 2.02. The number of hydrogen-bond donors (Lipinski definition) is 2. The summed E-state index contributed by atoms with van der Waals surface area (Å²) >= 11 is 0. The molecule has 0 rings (SSSR count). The van der Waals surface area contributed by atoms with Crippen LogP contribution in [0.1, 0.15) is 13.3 Å². The molecule has 6 heteroatoms. The van der Waals surface area contributed by atoms with E-state index in [1.165, 1.54) is 0 Å². The summed E-state index contributed by atoms with van der Waals surface area (Å²) in [5, 5.41) is 13.3. The van der Waals surface area contributed by atoms with Crippen LogP contribution in [0.4, 0.5) is 0 Å². The number of carbonyl (C=O) groups is 2. The number of amides is 1. The zero-order valence-electron chi connectivity index (χ0n) is 8.71. The first-order chi connectivity index (χ1) is 7.20. The Hall–Kier alpha value is -1.61. The highest BCUT2D eigenvalue weighted by Crippen LogP contribution is 1.83. The van der Waals surface area contributed by atoms with Gasteiger partial charge in [0.1, 0.15) is 6.54 Å². The van der Waals surface area contributed by atoms with Crippen LogP contribution in [0.15, 0.2) is 0 Å². The Bertz CT molecular complexity index is 247. The highest BCUT2D eigenvalue weighted by atomic mass is 16.5. The number of nitrogens with zero attached hydrogens (tertiary/aromatic N) is 1. The van der Waals surface area contributed by atoms with Gasteiger partial charge in [0, 0.05) is 6.54 Å². The van der Waals surface area contributed by atoms with Crippen LogP contribution >= 0.6 is 0 Å². The highest BCUT2D eigenvalue weighted by molar-refractivity contribution is 5.78. The van der Waals surface area contributed by atoms with E-state index in [0.717, 1.165) is 0 Å². The molecule has 84 valence electrons. The van der Waals surface area contributed by atoms with Crippen LogP contribution in [-0.2, 0) is 14.3 Å². The van der Waals surface area contributed by atoms with Gasteiger partial charge < -0.3 is 15.4 Å². The number of hydrogen-bond acceptors (Lipinski definition) is 5. The fourth-order valence-electron chi connectivity index (χ4n) is 0.826. The molecule has 0 aromatic heterocycles. The lowest BCUT2D eigenvalue weighted by atomic mass is 10.4. The van der Waals surface area contributed by atoms with Crippen molar-refractivity contribution in [1.82, 2.24) is 10.6 Å². The van der Waals surface area contributed by atoms with E-state index in [-0.39, 0.29) is 31.4 Å². The van der Waals surface area contributed by atoms with Crippen molar-refractivity contribution >= 4 is 11.9 Å². The second-order valence-electron chi connectivity index (χ2n) is 2.67. The molecular weight excluding hydrogens is 198 g/mol. The first kappa shape index (κ1) is 13.4. The lowest BCUT2D eigenvalue weighted by molar-refractivity contribution is -0.143. The zero-order valence-corrected chi connectivity index (χ0v) is 8.71. The molecule has 1 amide bonds. The SMILES string of the molecule is CCOC(=O)CCNCC(=O)NCC#N. The average Bonchev–Trinajstić information content (AvgIpc) is 2.22. The van der Waals surface area contributed by atoms with Gasteiger partial charge in [-0.1, -0.05) is 0 Å². The van der Waals surface area contributed by atoms with Crippen LogP contribution < -0.4 is 10.6 Å². The molecule has 0 spiro atoms. The van der Waals surface area contributed by atoms with Crippen LogP contribution in [0.2, 0.25) is 0 Å². The van der Waals surface area contributed by atoms with E-state index in [2.05, 4.69) is 10.6 Å². The first-order valence-electron chi connectivity index (χ1n) is 4.70. The Morgan fingerprint density at radius 1 is 1.47 bits per heavy atom. The normalized spacial score (nSPS) is 9.07. The minimum absolute atomic E-state index is 0.00160. The zero-order chi connectivity index (χ0) is 11.5. The molecule has 0 unspecified atom stereocenters. The molecule has 0 aromatic rings. The topological polar surface area (TPSA) is 91.2 Å². The quantitative estimate of drug-likeness (QED) is 0.327. The van der Waals surface area contributed by atoms with Gasteiger partial charge >= 0.3 is 5.97 Å². The summed E-state index contributed by atoms with van der Waals surface area (Å²) in [6.07, 6.45) is 0.235. The monoisotopic (exact) mass is 213 g/mol. The van der Waals surface area contributed by atoms with E-state index in [9.17, 15) is 9.59 Å². The van der Waals surface area contributed by atoms with Gasteiger partial charge in [0.25, 0.3) is 0 Å². The van der Waals surface area contributed by atoms with Crippen LogP contribution in [-0.4, -0.2) is 38.1 Å². The number of ether oxygens (including phenoxy) is 1. The number of esters is 1. The number of nitriles is 1. The second-order valence-corrected chi connectivity index (χ2v) is 2.67. The number of nitrogens with one attached hydrogen (secondary N) is 2. The molecule has 0 aliphatic carbocycles. The summed E-state index contributed by atoms with van der Waals surface area (Å²) < 4.78 is 4.69. The molecule has 15 heavy (non-hydrogen) atoms. The molecule has 0 aliphatic rings. The van der Waals surface area contributed by atoms with Gasteiger partial charge in [-0.25, -0.2) is 0 Å². The molecule has 0 heterocycles. The van der Waals surface area contributed by atoms with Crippen molar-refractivity contribution in [1.29, 1.82) is 5.26 Å². The van der Waals surface area contributed by atoms with E-state index in [0.29, 0.717) is 13.2 Å². The Balaban J connectivity index is 3.34. The predicted molar refractivity (Wildman–Crippen MR) is 52.7 cm³/mol. The summed E-state index contributed by atoms with van der Waals surface area (Å²) in [5.74, 6) is -0.553. The minimum atomic E-state index is -0.289. The summed E-state index contributed by atoms with van der Waals surface area (Å²) in [7, 11) is 0. The molecule has 6 nitrogen and oxygen atoms in total. The van der Waals surface area contributed by atoms with Gasteiger partial charge in [0.15, 0.2) is 0 Å². The van der Waals surface area contributed by atoms with Crippen LogP contribution in [0, 0.1) is 11.3 Å². The Morgan fingerprint density at radius 2 is 2.20 bits per heavy atom. The van der Waals surface area contributed by atoms with E-state index in [1.807, 2.05) is 0 Å². The van der Waals surface area contributed by atoms with Crippen molar-refractivity contribution in [2.45, 2.75) is 13.3 Å². The van der Waals surface area contributed by atoms with Crippen LogP contribution in [0.5, 0.6) is 0 Å². The fourth-order valence-corrected chi connectivity index (χ4v) is 0.826. The summed E-state index contributed by atoms with van der Waals surface area (Å²) in [4.78, 5) is 21.8. The van der Waals surface area contributed by atoms with Gasteiger partial charge in [-0.2, -0.15) is 5.26 Å². The molecule has 0 atom stereocenters. The molecule has 0 radical (unpaired) electrons. The van der Waals surface area contributed by atoms with Gasteiger partial charge in [-0.3, -0.25) is 9.59 Å². The van der Waals surface area contributed by atoms with Crippen molar-refractivity contribution < 1.29 is 14.3 Å². The predicted octanol–water partition coefficient (Wildman–Crippen LogP) is -0.831. The molecule has 0 aromatic carbocycles. The maximum atomic E-state index is 10.9. The summed E-state index contributed by atoms with van der Waals surface area (Å²) in [6.45, 7) is 2.58. The molecule has 0 aliphatic heterocycles. The molecule has 0 saturated heterocycles. The number of carbonyl (C=O) groups excluding carboxylic acids is 2. The van der Waals surface area contributed by atoms with E-state index in [1.54, 1.807) is 13.0 Å². The molecule has 2 N–H and O–H groups in total. The van der Waals surface area contributed by atoms with Crippen molar-refractivity contribution in [3.63, 3.8) is 0 Å². The fraction of sp³-hybridized carbons (Fsp3) is 0.667. The van der Waals surface area contributed by atoms with Gasteiger partial charge in [-0.15, -0.1) is 0 Å². The lowest BCUT2D eigenvalue weighted by Crippen LogP contribution is -2.34. The Morgan fingerprint density at radius 3 is 2.80 bits per heavy atom. The Kier molecular flexibility index (Phi) is 8.00. The molecule has 0 saturated carbocycles. The third-order valence-corrected chi connectivity index (χ3v) is 1.46. The standard InChI is InChI=1S/C9H15N3O3/c1-2-15-9(14)3-5-11-7-8(13)12-6-4-10/h11H,2-3,5-7H2,1H3,(H,12,13). The molecule has 0 fully saturated rings. The molecule has 0 bridgehead atoms. The minimum Gasteiger partial charge on any atom is -0.466 e. The van der Waals surface area contributed by atoms with Gasteiger partial charge in [-0.05, 0) is 6.92 Å².